The lowest BCUT2D eigenvalue weighted by Gasteiger charge is -2.35. The smallest absolute Gasteiger partial charge is 0.0624 e. The molecule has 2 nitrogen and oxygen atoms in total. The largest absolute Gasteiger partial charge is 0.309 e. The van der Waals surface area contributed by atoms with Crippen molar-refractivity contribution < 1.29 is 0 Å². The van der Waals surface area contributed by atoms with Crippen LogP contribution < -0.4 is 4.90 Å². The van der Waals surface area contributed by atoms with Crippen LogP contribution in [-0.4, -0.2) is 4.57 Å². The molecule has 64 heavy (non-hydrogen) atoms. The van der Waals surface area contributed by atoms with Crippen molar-refractivity contribution in [2.24, 2.45) is 0 Å². The van der Waals surface area contributed by atoms with E-state index in [-0.39, 0.29) is 0 Å². The topological polar surface area (TPSA) is 8.17 Å². The Bertz CT molecular complexity index is 3750. The average Bonchev–Trinajstić information content (AvgIpc) is 3.70. The fourth-order valence-corrected chi connectivity index (χ4v) is 10.2. The Labute approximate surface area is 372 Å². The van der Waals surface area contributed by atoms with Crippen molar-refractivity contribution in [3.8, 4) is 61.3 Å². The summed E-state index contributed by atoms with van der Waals surface area (Å²) in [6, 6.07) is 89.0. The summed E-state index contributed by atoms with van der Waals surface area (Å²) in [4.78, 5) is 2.51. The van der Waals surface area contributed by atoms with Gasteiger partial charge in [-0.25, -0.2) is 0 Å². The molecule has 0 saturated carbocycles. The molecule has 11 aromatic carbocycles. The van der Waals surface area contributed by atoms with E-state index in [1.807, 2.05) is 0 Å². The van der Waals surface area contributed by atoms with Gasteiger partial charge in [-0.05, 0) is 145 Å². The third-order valence-electron chi connectivity index (χ3n) is 13.2. The zero-order valence-electron chi connectivity index (χ0n) is 35.0. The normalized spacial score (nSPS) is 11.8. The van der Waals surface area contributed by atoms with Gasteiger partial charge in [-0.3, -0.25) is 0 Å². The summed E-state index contributed by atoms with van der Waals surface area (Å²) in [6.07, 6.45) is 0. The highest BCUT2D eigenvalue weighted by Crippen LogP contribution is 2.58. The van der Waals surface area contributed by atoms with Gasteiger partial charge < -0.3 is 9.47 Å². The molecule has 12 aromatic rings. The molecule has 2 heteroatoms. The molecule has 298 valence electrons. The van der Waals surface area contributed by atoms with Gasteiger partial charge in [0.05, 0.1) is 16.7 Å². The van der Waals surface area contributed by atoms with Crippen LogP contribution in [0.5, 0.6) is 0 Å². The number of benzene rings is 11. The molecule has 0 aliphatic heterocycles. The molecule has 1 aliphatic rings. The molecule has 0 amide bonds. The van der Waals surface area contributed by atoms with Crippen LogP contribution in [0.1, 0.15) is 0 Å². The van der Waals surface area contributed by atoms with Gasteiger partial charge in [-0.15, -0.1) is 0 Å². The SMILES string of the molecule is c1ccc(-c2ccc(N(c3cccc(-c4ccc5c(c4)c4ccccc4n5-c4ccccc4)c3)c3c4c(cc5ccccc35)-c3cc5ccc(-c6ccccc6)cc5cc3-4)cc2)cc1. The van der Waals surface area contributed by atoms with Crippen LogP contribution in [0, 0.1) is 0 Å². The van der Waals surface area contributed by atoms with E-state index in [9.17, 15) is 0 Å². The highest BCUT2D eigenvalue weighted by Gasteiger charge is 2.32. The van der Waals surface area contributed by atoms with E-state index in [1.165, 1.54) is 105 Å². The van der Waals surface area contributed by atoms with Gasteiger partial charge in [0.1, 0.15) is 0 Å². The zero-order chi connectivity index (χ0) is 42.1. The quantitative estimate of drug-likeness (QED) is 0.156. The lowest BCUT2D eigenvalue weighted by Crippen LogP contribution is -2.15. The van der Waals surface area contributed by atoms with Gasteiger partial charge in [0.25, 0.3) is 0 Å². The first-order chi connectivity index (χ1) is 31.7. The number of rotatable bonds is 7. The predicted molar refractivity (Wildman–Crippen MR) is 271 cm³/mol. The minimum Gasteiger partial charge on any atom is -0.309 e. The molecule has 0 spiro atoms. The van der Waals surface area contributed by atoms with Crippen LogP contribution in [0.15, 0.2) is 243 Å². The molecule has 0 bridgehead atoms. The van der Waals surface area contributed by atoms with Gasteiger partial charge in [0, 0.05) is 38.8 Å². The molecule has 1 aromatic heterocycles. The van der Waals surface area contributed by atoms with Crippen LogP contribution in [0.25, 0.3) is 105 Å². The van der Waals surface area contributed by atoms with E-state index >= 15 is 0 Å². The van der Waals surface area contributed by atoms with E-state index in [1.54, 1.807) is 0 Å². The lowest BCUT2D eigenvalue weighted by molar-refractivity contribution is 1.18. The molecule has 0 unspecified atom stereocenters. The minimum absolute atomic E-state index is 1.11. The number of para-hydroxylation sites is 2. The summed E-state index contributed by atoms with van der Waals surface area (Å²) in [5, 5.41) is 7.43. The van der Waals surface area contributed by atoms with Crippen molar-refractivity contribution in [1.82, 2.24) is 4.57 Å². The maximum Gasteiger partial charge on any atom is 0.0624 e. The van der Waals surface area contributed by atoms with Gasteiger partial charge in [-0.1, -0.05) is 164 Å². The van der Waals surface area contributed by atoms with Gasteiger partial charge in [0.15, 0.2) is 0 Å². The van der Waals surface area contributed by atoms with E-state index in [4.69, 9.17) is 0 Å². The second kappa shape index (κ2) is 14.6. The van der Waals surface area contributed by atoms with Crippen molar-refractivity contribution in [3.63, 3.8) is 0 Å². The third-order valence-corrected chi connectivity index (χ3v) is 13.2. The molecule has 0 saturated heterocycles. The first-order valence-corrected chi connectivity index (χ1v) is 22.1. The summed E-state index contributed by atoms with van der Waals surface area (Å²) >= 11 is 0. The van der Waals surface area contributed by atoms with Crippen LogP contribution in [0.2, 0.25) is 0 Å². The molecule has 0 fully saturated rings. The number of anilines is 3. The molecule has 0 atom stereocenters. The number of fused-ring (bicyclic) bond motifs is 9. The zero-order valence-corrected chi connectivity index (χ0v) is 35.0. The summed E-state index contributed by atoms with van der Waals surface area (Å²) in [7, 11) is 0. The lowest BCUT2D eigenvalue weighted by atomic mass is 9.76. The molecule has 13 rings (SSSR count). The highest BCUT2D eigenvalue weighted by atomic mass is 15.1. The van der Waals surface area contributed by atoms with Crippen LogP contribution >= 0.6 is 0 Å². The first-order valence-electron chi connectivity index (χ1n) is 22.1. The number of hydrogen-bond acceptors (Lipinski definition) is 1. The van der Waals surface area contributed by atoms with Crippen molar-refractivity contribution in [2.45, 2.75) is 0 Å². The number of aromatic nitrogens is 1. The maximum atomic E-state index is 2.51. The molecule has 0 N–H and O–H groups in total. The highest BCUT2D eigenvalue weighted by molar-refractivity contribution is 6.21. The van der Waals surface area contributed by atoms with E-state index in [0.29, 0.717) is 0 Å². The summed E-state index contributed by atoms with van der Waals surface area (Å²) < 4.78 is 2.38. The predicted octanol–water partition coefficient (Wildman–Crippen LogP) is 17.2. The average molecular weight is 813 g/mol. The Balaban J connectivity index is 1.01. The van der Waals surface area contributed by atoms with Crippen LogP contribution in [-0.2, 0) is 0 Å². The monoisotopic (exact) mass is 812 g/mol. The van der Waals surface area contributed by atoms with Crippen molar-refractivity contribution in [3.05, 3.63) is 243 Å². The molecular formula is C62H40N2. The second-order valence-corrected chi connectivity index (χ2v) is 16.9. The number of hydrogen-bond donors (Lipinski definition) is 0. The summed E-state index contributed by atoms with van der Waals surface area (Å²) in [5.41, 5.74) is 19.4. The fourth-order valence-electron chi connectivity index (χ4n) is 10.2. The minimum atomic E-state index is 1.11. The molecule has 1 heterocycles. The Morgan fingerprint density at radius 2 is 0.844 bits per heavy atom. The molecular weight excluding hydrogens is 773 g/mol. The first kappa shape index (κ1) is 36.2. The molecule has 1 aliphatic carbocycles. The summed E-state index contributed by atoms with van der Waals surface area (Å²) in [6.45, 7) is 0. The van der Waals surface area contributed by atoms with Crippen molar-refractivity contribution in [2.75, 3.05) is 4.90 Å². The Hall–Kier alpha value is -8.46. The van der Waals surface area contributed by atoms with Crippen LogP contribution in [0.3, 0.4) is 0 Å². The van der Waals surface area contributed by atoms with Gasteiger partial charge >= 0.3 is 0 Å². The third kappa shape index (κ3) is 5.81. The fraction of sp³-hybridized carbons (Fsp3) is 0. The van der Waals surface area contributed by atoms with Crippen molar-refractivity contribution in [1.29, 1.82) is 0 Å². The van der Waals surface area contributed by atoms with E-state index < -0.39 is 0 Å². The van der Waals surface area contributed by atoms with Gasteiger partial charge in [-0.2, -0.15) is 0 Å². The molecule has 0 radical (unpaired) electrons. The van der Waals surface area contributed by atoms with E-state index in [0.717, 1.165) is 17.1 Å². The van der Waals surface area contributed by atoms with Gasteiger partial charge in [0.2, 0.25) is 0 Å². The standard InChI is InChI=1S/C62H40N2/c1-4-15-41(16-5-1)43-29-32-51(33-30-43)63(52-23-14-20-44(36-52)46-31-34-60-56(38-46)54-25-12-13-26-59(54)64(60)50-21-8-3-9-22-50)62-53-24-11-10-19-48(53)39-57-55-37-47-28-27-45(42-17-6-2-7-18-42)35-49(47)40-58(55)61(57)62/h1-40H. The number of nitrogens with zero attached hydrogens (tertiary/aromatic N) is 2. The summed E-state index contributed by atoms with van der Waals surface area (Å²) in [5.74, 6) is 0. The van der Waals surface area contributed by atoms with Crippen LogP contribution in [0.4, 0.5) is 17.1 Å². The maximum absolute atomic E-state index is 2.51. The van der Waals surface area contributed by atoms with E-state index in [2.05, 4.69) is 252 Å². The Kier molecular flexibility index (Phi) is 8.25. The Morgan fingerprint density at radius 1 is 0.281 bits per heavy atom. The Morgan fingerprint density at radius 3 is 1.64 bits per heavy atom. The van der Waals surface area contributed by atoms with Crippen molar-refractivity contribution >= 4 is 60.4 Å². The second-order valence-electron chi connectivity index (χ2n) is 16.9.